The third kappa shape index (κ3) is 2.98. The largest absolute Gasteiger partial charge is 0.508 e. The SMILES string of the molecule is CS(=O)(=O)c1ccc(O)c(CC2CCCN2)c1. The molecule has 0 radical (unpaired) electrons. The maximum absolute atomic E-state index is 11.4. The molecule has 0 amide bonds. The zero-order valence-electron chi connectivity index (χ0n) is 9.81. The number of phenolic OH excluding ortho intramolecular Hbond substituents is 1. The van der Waals surface area contributed by atoms with Crippen LogP contribution in [-0.2, 0) is 16.3 Å². The summed E-state index contributed by atoms with van der Waals surface area (Å²) in [5.41, 5.74) is 0.701. The van der Waals surface area contributed by atoms with Gasteiger partial charge >= 0.3 is 0 Å². The molecule has 4 nitrogen and oxygen atoms in total. The maximum atomic E-state index is 11.4. The molecular weight excluding hydrogens is 238 g/mol. The number of rotatable bonds is 3. The van der Waals surface area contributed by atoms with Gasteiger partial charge in [-0.05, 0) is 49.6 Å². The van der Waals surface area contributed by atoms with E-state index in [0.717, 1.165) is 19.4 Å². The molecule has 5 heteroatoms. The van der Waals surface area contributed by atoms with Crippen molar-refractivity contribution >= 4 is 9.84 Å². The first-order valence-electron chi connectivity index (χ1n) is 5.72. The molecule has 1 aromatic rings. The Hall–Kier alpha value is -1.07. The molecule has 0 aromatic heterocycles. The van der Waals surface area contributed by atoms with Gasteiger partial charge in [-0.15, -0.1) is 0 Å². The van der Waals surface area contributed by atoms with Gasteiger partial charge in [0.05, 0.1) is 4.90 Å². The summed E-state index contributed by atoms with van der Waals surface area (Å²) in [6, 6.07) is 4.82. The molecule has 2 rings (SSSR count). The Balaban J connectivity index is 2.26. The second-order valence-corrected chi connectivity index (χ2v) is 6.58. The van der Waals surface area contributed by atoms with Crippen molar-refractivity contribution in [3.8, 4) is 5.75 Å². The molecule has 17 heavy (non-hydrogen) atoms. The van der Waals surface area contributed by atoms with Gasteiger partial charge in [-0.2, -0.15) is 0 Å². The third-order valence-corrected chi connectivity index (χ3v) is 4.22. The molecule has 0 spiro atoms. The number of aromatic hydroxyl groups is 1. The van der Waals surface area contributed by atoms with Crippen LogP contribution in [0.15, 0.2) is 23.1 Å². The van der Waals surface area contributed by atoms with E-state index in [2.05, 4.69) is 5.32 Å². The molecule has 1 aliphatic rings. The number of hydrogen-bond donors (Lipinski definition) is 2. The summed E-state index contributed by atoms with van der Waals surface area (Å²) >= 11 is 0. The highest BCUT2D eigenvalue weighted by atomic mass is 32.2. The van der Waals surface area contributed by atoms with E-state index >= 15 is 0 Å². The highest BCUT2D eigenvalue weighted by molar-refractivity contribution is 7.90. The highest BCUT2D eigenvalue weighted by Gasteiger charge is 2.17. The molecule has 0 saturated carbocycles. The van der Waals surface area contributed by atoms with Gasteiger partial charge in [0.2, 0.25) is 0 Å². The van der Waals surface area contributed by atoms with Crippen molar-refractivity contribution in [2.24, 2.45) is 0 Å². The fourth-order valence-corrected chi connectivity index (χ4v) is 2.82. The van der Waals surface area contributed by atoms with E-state index in [1.165, 1.54) is 18.4 Å². The standard InChI is InChI=1S/C12H17NO3S/c1-17(15,16)11-4-5-12(14)9(8-11)7-10-3-2-6-13-10/h4-5,8,10,13-14H,2-3,6-7H2,1H3. The van der Waals surface area contributed by atoms with Crippen LogP contribution >= 0.6 is 0 Å². The zero-order valence-corrected chi connectivity index (χ0v) is 10.6. The predicted molar refractivity (Wildman–Crippen MR) is 65.9 cm³/mol. The first kappa shape index (κ1) is 12.4. The van der Waals surface area contributed by atoms with E-state index in [0.29, 0.717) is 18.0 Å². The first-order chi connectivity index (χ1) is 7.97. The summed E-state index contributed by atoms with van der Waals surface area (Å²) in [5.74, 6) is 0.172. The summed E-state index contributed by atoms with van der Waals surface area (Å²) in [7, 11) is -3.21. The number of hydrogen-bond acceptors (Lipinski definition) is 4. The molecule has 0 bridgehead atoms. The summed E-state index contributed by atoms with van der Waals surface area (Å²) in [4.78, 5) is 0.267. The molecule has 1 atom stereocenters. The molecule has 1 saturated heterocycles. The van der Waals surface area contributed by atoms with E-state index < -0.39 is 9.84 Å². The van der Waals surface area contributed by atoms with Crippen LogP contribution in [-0.4, -0.2) is 32.4 Å². The minimum Gasteiger partial charge on any atom is -0.508 e. The molecule has 1 aliphatic heterocycles. The Kier molecular flexibility index (Phi) is 3.40. The van der Waals surface area contributed by atoms with Crippen molar-refractivity contribution < 1.29 is 13.5 Å². The van der Waals surface area contributed by atoms with Crippen LogP contribution in [0, 0.1) is 0 Å². The lowest BCUT2D eigenvalue weighted by molar-refractivity contribution is 0.461. The van der Waals surface area contributed by atoms with Crippen LogP contribution in [0.3, 0.4) is 0 Å². The monoisotopic (exact) mass is 255 g/mol. The maximum Gasteiger partial charge on any atom is 0.175 e. The first-order valence-corrected chi connectivity index (χ1v) is 7.61. The lowest BCUT2D eigenvalue weighted by atomic mass is 10.0. The van der Waals surface area contributed by atoms with Crippen LogP contribution in [0.25, 0.3) is 0 Å². The van der Waals surface area contributed by atoms with Gasteiger partial charge in [0.15, 0.2) is 9.84 Å². The Morgan fingerprint density at radius 2 is 2.24 bits per heavy atom. The van der Waals surface area contributed by atoms with Crippen molar-refractivity contribution in [3.63, 3.8) is 0 Å². The van der Waals surface area contributed by atoms with Crippen molar-refractivity contribution in [1.29, 1.82) is 0 Å². The lowest BCUT2D eigenvalue weighted by Gasteiger charge is -2.12. The van der Waals surface area contributed by atoms with Crippen molar-refractivity contribution in [2.45, 2.75) is 30.2 Å². The minimum absolute atomic E-state index is 0.172. The van der Waals surface area contributed by atoms with Gasteiger partial charge in [-0.25, -0.2) is 8.42 Å². The minimum atomic E-state index is -3.21. The van der Waals surface area contributed by atoms with Gasteiger partial charge < -0.3 is 10.4 Å². The van der Waals surface area contributed by atoms with Crippen molar-refractivity contribution in [2.75, 3.05) is 12.8 Å². The lowest BCUT2D eigenvalue weighted by Crippen LogP contribution is -2.23. The van der Waals surface area contributed by atoms with Crippen molar-refractivity contribution in [1.82, 2.24) is 5.32 Å². The fraction of sp³-hybridized carbons (Fsp3) is 0.500. The second kappa shape index (κ2) is 4.66. The Morgan fingerprint density at radius 1 is 1.47 bits per heavy atom. The van der Waals surface area contributed by atoms with Gasteiger partial charge in [-0.3, -0.25) is 0 Å². The molecule has 1 unspecified atom stereocenters. The molecule has 94 valence electrons. The zero-order chi connectivity index (χ0) is 12.5. The average molecular weight is 255 g/mol. The van der Waals surface area contributed by atoms with Crippen LogP contribution in [0.4, 0.5) is 0 Å². The normalized spacial score (nSPS) is 20.6. The predicted octanol–water partition coefficient (Wildman–Crippen LogP) is 1.09. The quantitative estimate of drug-likeness (QED) is 0.848. The molecule has 1 fully saturated rings. The molecule has 2 N–H and O–H groups in total. The Morgan fingerprint density at radius 3 is 2.82 bits per heavy atom. The summed E-state index contributed by atoms with van der Waals surface area (Å²) in [5, 5.41) is 13.1. The molecule has 0 aliphatic carbocycles. The van der Waals surface area contributed by atoms with Gasteiger partial charge in [0.25, 0.3) is 0 Å². The number of nitrogens with one attached hydrogen (secondary N) is 1. The van der Waals surface area contributed by atoms with Crippen LogP contribution < -0.4 is 5.32 Å². The highest BCUT2D eigenvalue weighted by Crippen LogP contribution is 2.24. The van der Waals surface area contributed by atoms with Gasteiger partial charge in [-0.1, -0.05) is 0 Å². The van der Waals surface area contributed by atoms with E-state index in [-0.39, 0.29) is 10.6 Å². The van der Waals surface area contributed by atoms with Crippen LogP contribution in [0.1, 0.15) is 18.4 Å². The second-order valence-electron chi connectivity index (χ2n) is 4.56. The molecule has 1 heterocycles. The molecular formula is C12H17NO3S. The van der Waals surface area contributed by atoms with Crippen molar-refractivity contribution in [3.05, 3.63) is 23.8 Å². The smallest absolute Gasteiger partial charge is 0.175 e. The topological polar surface area (TPSA) is 66.4 Å². The fourth-order valence-electron chi connectivity index (χ4n) is 2.15. The average Bonchev–Trinajstić information content (AvgIpc) is 2.72. The van der Waals surface area contributed by atoms with Crippen LogP contribution in [0.5, 0.6) is 5.75 Å². The number of phenols is 1. The number of benzene rings is 1. The summed E-state index contributed by atoms with van der Waals surface area (Å²) < 4.78 is 22.9. The van der Waals surface area contributed by atoms with Gasteiger partial charge in [0.1, 0.15) is 5.75 Å². The number of sulfone groups is 1. The third-order valence-electron chi connectivity index (χ3n) is 3.11. The van der Waals surface area contributed by atoms with E-state index in [1.807, 2.05) is 0 Å². The van der Waals surface area contributed by atoms with E-state index in [1.54, 1.807) is 6.07 Å². The van der Waals surface area contributed by atoms with E-state index in [4.69, 9.17) is 0 Å². The van der Waals surface area contributed by atoms with Crippen LogP contribution in [0.2, 0.25) is 0 Å². The molecule has 1 aromatic carbocycles. The Labute approximate surface area is 102 Å². The summed E-state index contributed by atoms with van der Waals surface area (Å²) in [6.45, 7) is 0.997. The van der Waals surface area contributed by atoms with E-state index in [9.17, 15) is 13.5 Å². The summed E-state index contributed by atoms with van der Waals surface area (Å²) in [6.07, 6.45) is 4.06. The van der Waals surface area contributed by atoms with Gasteiger partial charge in [0, 0.05) is 12.3 Å². The Bertz CT molecular complexity index is 504.